The summed E-state index contributed by atoms with van der Waals surface area (Å²) in [5.41, 5.74) is -5.32. The first-order valence-electron chi connectivity index (χ1n) is 12.7. The Balaban J connectivity index is 1.52. The Bertz CT molecular complexity index is 1770. The van der Waals surface area contributed by atoms with Gasteiger partial charge in [-0.2, -0.15) is 13.2 Å². The zero-order valence-corrected chi connectivity index (χ0v) is 23.7. The van der Waals surface area contributed by atoms with E-state index in [1.165, 1.54) is 37.3 Å². The number of thiophene rings is 1. The van der Waals surface area contributed by atoms with Crippen LogP contribution in [0.3, 0.4) is 0 Å². The molecule has 1 aliphatic carbocycles. The Morgan fingerprint density at radius 2 is 1.83 bits per heavy atom. The van der Waals surface area contributed by atoms with Crippen LogP contribution in [-0.2, 0) is 9.84 Å². The van der Waals surface area contributed by atoms with Crippen molar-refractivity contribution in [3.05, 3.63) is 105 Å². The highest BCUT2D eigenvalue weighted by Gasteiger charge is 2.49. The molecule has 5 rings (SSSR count). The summed E-state index contributed by atoms with van der Waals surface area (Å²) in [5.74, 6) is -1.65. The first kappa shape index (κ1) is 29.5. The van der Waals surface area contributed by atoms with Crippen LogP contribution in [0, 0.1) is 12.7 Å². The van der Waals surface area contributed by atoms with Crippen molar-refractivity contribution in [2.24, 2.45) is 0 Å². The Morgan fingerprint density at radius 1 is 1.10 bits per heavy atom. The monoisotopic (exact) mass is 617 g/mol. The van der Waals surface area contributed by atoms with Crippen molar-refractivity contribution in [1.29, 1.82) is 0 Å². The first-order valence-corrected chi connectivity index (χ1v) is 15.0. The van der Waals surface area contributed by atoms with Gasteiger partial charge in [0.2, 0.25) is 0 Å². The number of hydrogen-bond donors (Lipinski definition) is 0. The number of alkyl halides is 3. The number of carbonyl (C=O) groups excluding carboxylic acids is 2. The molecule has 218 valence electrons. The lowest BCUT2D eigenvalue weighted by atomic mass is 9.90. The molecule has 0 amide bonds. The molecule has 0 saturated carbocycles. The quantitative estimate of drug-likeness (QED) is 0.206. The van der Waals surface area contributed by atoms with Gasteiger partial charge < -0.3 is 9.64 Å². The molecule has 0 atom stereocenters. The predicted octanol–water partition coefficient (Wildman–Crippen LogP) is 6.72. The fraction of sp³-hybridized carbons (Fsp3) is 0.200. The minimum absolute atomic E-state index is 0.113. The Morgan fingerprint density at radius 3 is 2.50 bits per heavy atom. The maximum atomic E-state index is 14.5. The van der Waals surface area contributed by atoms with E-state index in [1.807, 2.05) is 24.4 Å². The number of halogens is 4. The molecule has 12 heteroatoms. The first-order chi connectivity index (χ1) is 19.9. The van der Waals surface area contributed by atoms with Gasteiger partial charge in [-0.15, -0.1) is 11.3 Å². The Labute approximate surface area is 243 Å². The van der Waals surface area contributed by atoms with Crippen molar-refractivity contribution >= 4 is 38.8 Å². The topological polar surface area (TPSA) is 80.8 Å². The van der Waals surface area contributed by atoms with Gasteiger partial charge in [0.25, 0.3) is 9.84 Å². The smallest absolute Gasteiger partial charge is 0.492 e. The molecule has 42 heavy (non-hydrogen) atoms. The molecule has 0 unspecified atom stereocenters. The Hall–Kier alpha value is -4.03. The summed E-state index contributed by atoms with van der Waals surface area (Å²) in [7, 11) is -5.77. The van der Waals surface area contributed by atoms with Gasteiger partial charge >= 0.3 is 5.51 Å². The highest BCUT2D eigenvalue weighted by molar-refractivity contribution is 7.96. The third-order valence-electron chi connectivity index (χ3n) is 6.88. The van der Waals surface area contributed by atoms with E-state index in [4.69, 9.17) is 4.74 Å². The number of Topliss-reactive ketones (excluding diaryl/α,β-unsaturated/α-hetero) is 1. The molecule has 0 N–H and O–H groups in total. The molecule has 0 spiro atoms. The predicted molar refractivity (Wildman–Crippen MR) is 152 cm³/mol. The summed E-state index contributed by atoms with van der Waals surface area (Å²) in [4.78, 5) is 28.1. The summed E-state index contributed by atoms with van der Waals surface area (Å²) >= 11 is 0.767. The van der Waals surface area contributed by atoms with E-state index < -0.39 is 44.1 Å². The zero-order chi connectivity index (χ0) is 30.2. The molecule has 1 aliphatic heterocycles. The molecule has 0 bridgehead atoms. The van der Waals surface area contributed by atoms with Gasteiger partial charge in [0, 0.05) is 33.8 Å². The number of sulfone groups is 1. The number of fused-ring (bicyclic) bond motifs is 1. The highest BCUT2D eigenvalue weighted by atomic mass is 32.2. The molecule has 0 fully saturated rings. The summed E-state index contributed by atoms with van der Waals surface area (Å²) in [6.45, 7) is 3.26. The van der Waals surface area contributed by atoms with Gasteiger partial charge in [-0.25, -0.2) is 12.8 Å². The molecule has 3 aromatic rings. The van der Waals surface area contributed by atoms with Crippen LogP contribution in [0.4, 0.5) is 17.6 Å². The maximum Gasteiger partial charge on any atom is 0.501 e. The van der Waals surface area contributed by atoms with E-state index in [0.29, 0.717) is 18.9 Å². The third-order valence-corrected chi connectivity index (χ3v) is 9.61. The lowest BCUT2D eigenvalue weighted by molar-refractivity contribution is -0.0426. The molecular weight excluding hydrogens is 594 g/mol. The molecule has 2 aliphatic rings. The number of hydrogen-bond acceptors (Lipinski definition) is 7. The van der Waals surface area contributed by atoms with Crippen LogP contribution >= 0.6 is 11.3 Å². The molecule has 0 radical (unpaired) electrons. The molecule has 0 saturated heterocycles. The number of ketones is 2. The van der Waals surface area contributed by atoms with Crippen molar-refractivity contribution < 1.29 is 40.3 Å². The largest absolute Gasteiger partial charge is 0.501 e. The van der Waals surface area contributed by atoms with E-state index in [0.717, 1.165) is 24.0 Å². The lowest BCUT2D eigenvalue weighted by Gasteiger charge is -2.20. The van der Waals surface area contributed by atoms with Gasteiger partial charge in [0.1, 0.15) is 18.2 Å². The van der Waals surface area contributed by atoms with Gasteiger partial charge in [-0.05, 0) is 66.7 Å². The van der Waals surface area contributed by atoms with Gasteiger partial charge in [0.05, 0.1) is 17.0 Å². The Kier molecular flexibility index (Phi) is 7.95. The number of ether oxygens (including phenoxy) is 1. The number of allylic oxidation sites excluding steroid dienone is 3. The maximum absolute atomic E-state index is 14.5. The van der Waals surface area contributed by atoms with E-state index in [-0.39, 0.29) is 37.6 Å². The highest BCUT2D eigenvalue weighted by Crippen LogP contribution is 2.45. The normalized spacial score (nSPS) is 15.0. The average Bonchev–Trinajstić information content (AvgIpc) is 3.34. The van der Waals surface area contributed by atoms with Crippen LogP contribution in [0.25, 0.3) is 16.5 Å². The van der Waals surface area contributed by atoms with E-state index >= 15 is 0 Å². The van der Waals surface area contributed by atoms with Gasteiger partial charge in [-0.1, -0.05) is 24.3 Å². The van der Waals surface area contributed by atoms with Crippen LogP contribution in [0.1, 0.15) is 43.1 Å². The second-order valence-corrected chi connectivity index (χ2v) is 12.6. The van der Waals surface area contributed by atoms with E-state index in [1.54, 1.807) is 12.1 Å². The minimum atomic E-state index is -5.77. The van der Waals surface area contributed by atoms with Crippen molar-refractivity contribution in [2.75, 3.05) is 19.7 Å². The fourth-order valence-electron chi connectivity index (χ4n) is 4.65. The number of benzene rings is 2. The molecule has 2 heterocycles. The summed E-state index contributed by atoms with van der Waals surface area (Å²) in [6.07, 6.45) is 7.56. The SMILES string of the molecule is Cc1c(F)cccc1-c1sc2c(c1C(=O)c1ccc(OCCN3C=CC=CC3)cc1)C(=O)CC(S(=O)(=O)C(F)(F)F)=C2. The van der Waals surface area contributed by atoms with Crippen LogP contribution in [-0.4, -0.2) is 50.1 Å². The number of carbonyl (C=O) groups is 2. The van der Waals surface area contributed by atoms with Crippen LogP contribution < -0.4 is 4.74 Å². The summed E-state index contributed by atoms with van der Waals surface area (Å²) in [6, 6.07) is 10.3. The van der Waals surface area contributed by atoms with Crippen molar-refractivity contribution in [2.45, 2.75) is 18.9 Å². The van der Waals surface area contributed by atoms with Crippen molar-refractivity contribution in [3.63, 3.8) is 0 Å². The molecule has 2 aromatic carbocycles. The second kappa shape index (κ2) is 11.3. The van der Waals surface area contributed by atoms with Crippen molar-refractivity contribution in [1.82, 2.24) is 4.90 Å². The second-order valence-electron chi connectivity index (χ2n) is 9.58. The number of rotatable bonds is 8. The van der Waals surface area contributed by atoms with Crippen molar-refractivity contribution in [3.8, 4) is 16.2 Å². The van der Waals surface area contributed by atoms with Gasteiger partial charge in [-0.3, -0.25) is 9.59 Å². The van der Waals surface area contributed by atoms with E-state index in [9.17, 15) is 35.6 Å². The summed E-state index contributed by atoms with van der Waals surface area (Å²) in [5, 5.41) is 0. The van der Waals surface area contributed by atoms with Crippen LogP contribution in [0.15, 0.2) is 71.8 Å². The minimum Gasteiger partial charge on any atom is -0.492 e. The third kappa shape index (κ3) is 5.56. The molecule has 6 nitrogen and oxygen atoms in total. The number of nitrogens with zero attached hydrogens (tertiary/aromatic N) is 1. The summed E-state index contributed by atoms with van der Waals surface area (Å²) < 4.78 is 84.3. The fourth-order valence-corrected chi connectivity index (χ4v) is 6.99. The zero-order valence-electron chi connectivity index (χ0n) is 22.1. The lowest BCUT2D eigenvalue weighted by Crippen LogP contribution is -2.27. The van der Waals surface area contributed by atoms with E-state index in [2.05, 4.69) is 4.90 Å². The van der Waals surface area contributed by atoms with Gasteiger partial charge in [0.15, 0.2) is 11.6 Å². The standard InChI is InChI=1S/C30H23F4NO5S2/c1-18-22(6-5-7-23(18)31)29-27(26-24(36)16-21(17-25(26)41-29)42(38,39)30(32,33)34)28(37)19-8-10-20(11-9-19)40-15-14-35-12-3-2-4-13-35/h2-12,17H,13-16H2,1H3. The van der Waals surface area contributed by atoms with Crippen LogP contribution in [0.2, 0.25) is 0 Å². The molecule has 1 aromatic heterocycles. The van der Waals surface area contributed by atoms with Crippen LogP contribution in [0.5, 0.6) is 5.75 Å². The molecular formula is C30H23F4NO5S2. The average molecular weight is 618 g/mol.